The Labute approximate surface area is 211 Å². The first kappa shape index (κ1) is 24.2. The molecule has 0 atom stereocenters. The summed E-state index contributed by atoms with van der Waals surface area (Å²) in [5.41, 5.74) is 4.58. The van der Waals surface area contributed by atoms with E-state index in [1.165, 1.54) is 18.5 Å². The Hall–Kier alpha value is -3.51. The molecule has 36 heavy (non-hydrogen) atoms. The Bertz CT molecular complexity index is 1630. The average molecular weight is 523 g/mol. The van der Waals surface area contributed by atoms with Gasteiger partial charge in [-0.1, -0.05) is 6.07 Å². The molecule has 0 unspecified atom stereocenters. The number of hydrogen-bond acceptors (Lipinski definition) is 7. The minimum atomic E-state index is -3.62. The monoisotopic (exact) mass is 522 g/mol. The predicted octanol–water partition coefficient (Wildman–Crippen LogP) is 4.39. The summed E-state index contributed by atoms with van der Waals surface area (Å²) < 4.78 is 41.8. The van der Waals surface area contributed by atoms with Crippen molar-refractivity contribution in [2.45, 2.75) is 4.21 Å². The zero-order valence-electron chi connectivity index (χ0n) is 19.6. The van der Waals surface area contributed by atoms with Gasteiger partial charge in [0.25, 0.3) is 0 Å². The Balaban J connectivity index is 1.52. The quantitative estimate of drug-likeness (QED) is 0.313. The third kappa shape index (κ3) is 4.91. The molecule has 0 amide bonds. The molecule has 5 rings (SSSR count). The van der Waals surface area contributed by atoms with Gasteiger partial charge < -0.3 is 4.90 Å². The number of fused-ring (bicyclic) bond motifs is 1. The van der Waals surface area contributed by atoms with E-state index in [1.54, 1.807) is 30.5 Å². The van der Waals surface area contributed by atoms with Crippen molar-refractivity contribution in [1.82, 2.24) is 29.8 Å². The number of H-pyrrole nitrogens is 1. The summed E-state index contributed by atoms with van der Waals surface area (Å²) in [6.45, 7) is 0.925. The molecule has 0 aliphatic carbocycles. The normalized spacial score (nSPS) is 12.0. The van der Waals surface area contributed by atoms with Crippen LogP contribution in [0.25, 0.3) is 43.9 Å². The van der Waals surface area contributed by atoms with Crippen molar-refractivity contribution in [2.75, 3.05) is 27.2 Å². The third-order valence-electron chi connectivity index (χ3n) is 5.64. The number of rotatable bonds is 8. The smallest absolute Gasteiger partial charge is 0.250 e. The minimum absolute atomic E-state index is 0.229. The van der Waals surface area contributed by atoms with Crippen LogP contribution in [0.5, 0.6) is 0 Å². The third-order valence-corrected chi connectivity index (χ3v) is 8.68. The maximum Gasteiger partial charge on any atom is 0.250 e. The summed E-state index contributed by atoms with van der Waals surface area (Å²) in [5.74, 6) is -0.312. The van der Waals surface area contributed by atoms with Crippen LogP contribution in [0.2, 0.25) is 0 Å². The van der Waals surface area contributed by atoms with Crippen molar-refractivity contribution in [2.24, 2.45) is 0 Å². The molecule has 11 heteroatoms. The van der Waals surface area contributed by atoms with Crippen LogP contribution in [0.1, 0.15) is 0 Å². The van der Waals surface area contributed by atoms with Crippen LogP contribution in [-0.4, -0.2) is 60.7 Å². The van der Waals surface area contributed by atoms with E-state index in [9.17, 15) is 12.8 Å². The van der Waals surface area contributed by atoms with Gasteiger partial charge in [0.05, 0.1) is 21.8 Å². The topological polar surface area (TPSA) is 104 Å². The molecule has 0 saturated heterocycles. The molecule has 0 bridgehead atoms. The van der Waals surface area contributed by atoms with E-state index >= 15 is 0 Å². The SMILES string of the molecule is CN(C)CCNS(=O)(=O)c1ccc(-c2ncnc3ccc(-c4c[nH]nc4-c4ccc(F)cc4)cc23)s1. The molecule has 0 aliphatic rings. The standard InChI is InChI=1S/C25H23FN6O2S2/c1-32(2)12-11-30-36(33,34)23-10-9-22(35-23)25-19-13-17(5-8-21(19)27-15-28-25)20-14-29-31-24(20)16-3-6-18(26)7-4-16/h3-10,13-15,30H,11-12H2,1-2H3,(H,29,31). The lowest BCUT2D eigenvalue weighted by Gasteiger charge is -2.10. The second kappa shape index (κ2) is 9.86. The summed E-state index contributed by atoms with van der Waals surface area (Å²) in [6, 6.07) is 15.3. The number of benzene rings is 2. The second-order valence-corrected chi connectivity index (χ2v) is 11.5. The van der Waals surface area contributed by atoms with Crippen molar-refractivity contribution in [3.8, 4) is 33.0 Å². The summed E-state index contributed by atoms with van der Waals surface area (Å²) in [7, 11) is 0.154. The van der Waals surface area contributed by atoms with Crippen LogP contribution in [-0.2, 0) is 10.0 Å². The fourth-order valence-corrected chi connectivity index (χ4v) is 6.21. The zero-order chi connectivity index (χ0) is 25.3. The molecule has 3 aromatic heterocycles. The van der Waals surface area contributed by atoms with E-state index in [2.05, 4.69) is 24.9 Å². The Morgan fingerprint density at radius 1 is 1.00 bits per heavy atom. The van der Waals surface area contributed by atoms with Crippen LogP contribution >= 0.6 is 11.3 Å². The summed E-state index contributed by atoms with van der Waals surface area (Å²) in [6.07, 6.45) is 3.26. The highest BCUT2D eigenvalue weighted by Crippen LogP contribution is 2.36. The minimum Gasteiger partial charge on any atom is -0.308 e. The summed E-state index contributed by atoms with van der Waals surface area (Å²) in [4.78, 5) is 11.5. The molecule has 0 aliphatic heterocycles. The molecule has 0 fully saturated rings. The fraction of sp³-hybridized carbons (Fsp3) is 0.160. The Morgan fingerprint density at radius 3 is 2.56 bits per heavy atom. The Morgan fingerprint density at radius 2 is 1.78 bits per heavy atom. The van der Waals surface area contributed by atoms with Gasteiger partial charge in [-0.2, -0.15) is 5.10 Å². The second-order valence-electron chi connectivity index (χ2n) is 8.43. The van der Waals surface area contributed by atoms with Gasteiger partial charge in [0.15, 0.2) is 0 Å². The van der Waals surface area contributed by atoms with Crippen LogP contribution in [0.4, 0.5) is 4.39 Å². The van der Waals surface area contributed by atoms with E-state index in [0.29, 0.717) is 24.5 Å². The summed E-state index contributed by atoms with van der Waals surface area (Å²) in [5, 5.41) is 8.05. The van der Waals surface area contributed by atoms with Gasteiger partial charge in [0.1, 0.15) is 16.4 Å². The van der Waals surface area contributed by atoms with E-state index in [0.717, 1.165) is 43.8 Å². The molecule has 3 heterocycles. The highest BCUT2D eigenvalue weighted by Gasteiger charge is 2.19. The van der Waals surface area contributed by atoms with Crippen LogP contribution in [0.3, 0.4) is 0 Å². The lowest BCUT2D eigenvalue weighted by molar-refractivity contribution is 0.412. The highest BCUT2D eigenvalue weighted by atomic mass is 32.2. The fourth-order valence-electron chi connectivity index (χ4n) is 3.82. The average Bonchev–Trinajstić information content (AvgIpc) is 3.54. The molecule has 2 N–H and O–H groups in total. The first-order valence-electron chi connectivity index (χ1n) is 11.1. The maximum atomic E-state index is 13.4. The predicted molar refractivity (Wildman–Crippen MR) is 140 cm³/mol. The van der Waals surface area contributed by atoms with E-state index in [1.807, 2.05) is 37.2 Å². The van der Waals surface area contributed by atoms with E-state index in [4.69, 9.17) is 0 Å². The van der Waals surface area contributed by atoms with Crippen molar-refractivity contribution in [1.29, 1.82) is 0 Å². The lowest BCUT2D eigenvalue weighted by Crippen LogP contribution is -2.30. The van der Waals surface area contributed by atoms with Gasteiger partial charge >= 0.3 is 0 Å². The molecular formula is C25H23FN6O2S2. The molecule has 8 nitrogen and oxygen atoms in total. The van der Waals surface area contributed by atoms with Crippen LogP contribution < -0.4 is 4.72 Å². The molecule has 0 radical (unpaired) electrons. The van der Waals surface area contributed by atoms with Gasteiger partial charge in [-0.05, 0) is 68.2 Å². The molecule has 184 valence electrons. The Kier molecular flexibility index (Phi) is 6.63. The lowest BCUT2D eigenvalue weighted by atomic mass is 9.99. The van der Waals surface area contributed by atoms with Crippen LogP contribution in [0, 0.1) is 5.82 Å². The van der Waals surface area contributed by atoms with Gasteiger partial charge in [-0.15, -0.1) is 11.3 Å². The van der Waals surface area contributed by atoms with Gasteiger partial charge in [0, 0.05) is 35.8 Å². The number of hydrogen-bond donors (Lipinski definition) is 2. The van der Waals surface area contributed by atoms with Gasteiger partial charge in [-0.3, -0.25) is 5.10 Å². The van der Waals surface area contributed by atoms with Crippen molar-refractivity contribution in [3.05, 3.63) is 72.9 Å². The number of aromatic nitrogens is 4. The number of thiophene rings is 1. The molecule has 5 aromatic rings. The van der Waals surface area contributed by atoms with E-state index in [-0.39, 0.29) is 10.0 Å². The van der Waals surface area contributed by atoms with Crippen LogP contribution in [0.15, 0.2) is 71.3 Å². The van der Waals surface area contributed by atoms with Crippen molar-refractivity contribution < 1.29 is 12.8 Å². The number of likely N-dealkylation sites (N-methyl/N-ethyl adjacent to an activating group) is 1. The first-order valence-corrected chi connectivity index (χ1v) is 13.4. The number of sulfonamides is 1. The highest BCUT2D eigenvalue weighted by molar-refractivity contribution is 7.91. The molecule has 2 aromatic carbocycles. The maximum absolute atomic E-state index is 13.4. The zero-order valence-corrected chi connectivity index (χ0v) is 21.2. The number of nitrogens with zero attached hydrogens (tertiary/aromatic N) is 4. The van der Waals surface area contributed by atoms with Gasteiger partial charge in [-0.25, -0.2) is 27.5 Å². The first-order chi connectivity index (χ1) is 17.3. The molecular weight excluding hydrogens is 499 g/mol. The van der Waals surface area contributed by atoms with Crippen molar-refractivity contribution >= 4 is 32.3 Å². The summed E-state index contributed by atoms with van der Waals surface area (Å²) >= 11 is 1.16. The number of aromatic amines is 1. The van der Waals surface area contributed by atoms with Crippen molar-refractivity contribution in [3.63, 3.8) is 0 Å². The largest absolute Gasteiger partial charge is 0.308 e. The van der Waals surface area contributed by atoms with Gasteiger partial charge in [0.2, 0.25) is 10.0 Å². The number of halogens is 1. The number of nitrogens with one attached hydrogen (secondary N) is 2. The molecule has 0 spiro atoms. The molecule has 0 saturated carbocycles. The van der Waals surface area contributed by atoms with E-state index < -0.39 is 10.0 Å².